The fourth-order valence-electron chi connectivity index (χ4n) is 1.29. The van der Waals surface area contributed by atoms with Crippen LogP contribution < -0.4 is 11.1 Å². The van der Waals surface area contributed by atoms with Gasteiger partial charge in [0.1, 0.15) is 5.82 Å². The van der Waals surface area contributed by atoms with E-state index in [-0.39, 0.29) is 29.8 Å². The van der Waals surface area contributed by atoms with Crippen molar-refractivity contribution in [3.05, 3.63) is 42.2 Å². The van der Waals surface area contributed by atoms with Crippen LogP contribution in [0.3, 0.4) is 0 Å². The molecule has 6 heteroatoms. The van der Waals surface area contributed by atoms with Crippen LogP contribution in [0.25, 0.3) is 0 Å². The predicted octanol–water partition coefficient (Wildman–Crippen LogP) is 3.41. The Balaban J connectivity index is 0.00000361. The number of nitrogens with two attached hydrogens (primary N) is 1. The van der Waals surface area contributed by atoms with Crippen molar-refractivity contribution < 1.29 is 4.39 Å². The van der Waals surface area contributed by atoms with E-state index in [1.807, 2.05) is 6.92 Å². The molecule has 0 radical (unpaired) electrons. The quantitative estimate of drug-likeness (QED) is 0.181. The van der Waals surface area contributed by atoms with Gasteiger partial charge in [-0.15, -0.1) is 35.7 Å². The second-order valence-electron chi connectivity index (χ2n) is 4.24. The van der Waals surface area contributed by atoms with Gasteiger partial charge in [0.05, 0.1) is 6.54 Å². The lowest BCUT2D eigenvalue weighted by Crippen LogP contribution is -2.32. The second-order valence-corrected chi connectivity index (χ2v) is 5.41. The molecule has 3 N–H and O–H groups in total. The van der Waals surface area contributed by atoms with Gasteiger partial charge >= 0.3 is 0 Å². The molecule has 3 nitrogen and oxygen atoms in total. The zero-order valence-corrected chi connectivity index (χ0v) is 14.7. The lowest BCUT2D eigenvalue weighted by Gasteiger charge is -2.05. The monoisotopic (exact) mass is 409 g/mol. The summed E-state index contributed by atoms with van der Waals surface area (Å²) in [6.45, 7) is 7.01. The number of halogens is 2. The molecule has 112 valence electrons. The predicted molar refractivity (Wildman–Crippen MR) is 96.5 cm³/mol. The molecule has 1 aromatic carbocycles. The summed E-state index contributed by atoms with van der Waals surface area (Å²) in [4.78, 5) is 5.20. The van der Waals surface area contributed by atoms with Crippen molar-refractivity contribution in [1.29, 1.82) is 0 Å². The molecule has 0 atom stereocenters. The van der Waals surface area contributed by atoms with E-state index >= 15 is 0 Å². The van der Waals surface area contributed by atoms with Gasteiger partial charge < -0.3 is 11.1 Å². The Labute approximate surface area is 141 Å². The van der Waals surface area contributed by atoms with Gasteiger partial charge in [-0.05, 0) is 43.4 Å². The summed E-state index contributed by atoms with van der Waals surface area (Å²) in [5.74, 6) is 1.20. The summed E-state index contributed by atoms with van der Waals surface area (Å²) in [6, 6.07) is 6.53. The third-order valence-corrected chi connectivity index (χ3v) is 3.33. The van der Waals surface area contributed by atoms with Gasteiger partial charge in [-0.3, -0.25) is 0 Å². The zero-order valence-electron chi connectivity index (χ0n) is 11.6. The molecule has 0 aliphatic heterocycles. The maximum atomic E-state index is 12.7. The molecule has 0 unspecified atom stereocenters. The van der Waals surface area contributed by atoms with Crippen LogP contribution in [0.5, 0.6) is 0 Å². The zero-order chi connectivity index (χ0) is 14.1. The summed E-state index contributed by atoms with van der Waals surface area (Å²) in [5.41, 5.74) is 6.66. The van der Waals surface area contributed by atoms with Crippen LogP contribution >= 0.6 is 35.7 Å². The number of nitrogens with one attached hydrogen (secondary N) is 1. The first-order chi connectivity index (χ1) is 9.08. The van der Waals surface area contributed by atoms with Gasteiger partial charge in [0.2, 0.25) is 0 Å². The first-order valence-corrected chi connectivity index (χ1v) is 7.13. The van der Waals surface area contributed by atoms with Crippen LogP contribution in [0.2, 0.25) is 0 Å². The number of hydrogen-bond donors (Lipinski definition) is 2. The highest BCUT2D eigenvalue weighted by Gasteiger charge is 1.96. The molecular weight excluding hydrogens is 388 g/mol. The number of benzene rings is 1. The molecule has 0 saturated carbocycles. The maximum absolute atomic E-state index is 12.7. The van der Waals surface area contributed by atoms with Gasteiger partial charge in [-0.2, -0.15) is 0 Å². The first-order valence-electron chi connectivity index (χ1n) is 6.14. The van der Waals surface area contributed by atoms with Gasteiger partial charge in [-0.1, -0.05) is 12.2 Å². The van der Waals surface area contributed by atoms with Gasteiger partial charge in [0.15, 0.2) is 5.96 Å². The van der Waals surface area contributed by atoms with Crippen molar-refractivity contribution in [3.8, 4) is 0 Å². The molecule has 0 heterocycles. The first kappa shape index (κ1) is 19.2. The topological polar surface area (TPSA) is 50.4 Å². The smallest absolute Gasteiger partial charge is 0.188 e. The molecule has 0 aromatic heterocycles. The Hall–Kier alpha value is -0.760. The lowest BCUT2D eigenvalue weighted by atomic mass is 10.4. The fourth-order valence-corrected chi connectivity index (χ4v) is 2.14. The number of guanidine groups is 1. The van der Waals surface area contributed by atoms with Crippen LogP contribution in [0.15, 0.2) is 46.3 Å². The number of rotatable bonds is 7. The van der Waals surface area contributed by atoms with Crippen molar-refractivity contribution in [2.75, 3.05) is 18.8 Å². The molecule has 0 amide bonds. The van der Waals surface area contributed by atoms with Gasteiger partial charge in [-0.25, -0.2) is 9.38 Å². The van der Waals surface area contributed by atoms with Crippen molar-refractivity contribution in [1.82, 2.24) is 5.32 Å². The Morgan fingerprint density at radius 2 is 2.05 bits per heavy atom. The molecule has 1 rings (SSSR count). The van der Waals surface area contributed by atoms with Crippen LogP contribution in [0.1, 0.15) is 13.3 Å². The van der Waals surface area contributed by atoms with E-state index < -0.39 is 0 Å². The maximum Gasteiger partial charge on any atom is 0.188 e. The van der Waals surface area contributed by atoms with E-state index in [9.17, 15) is 4.39 Å². The minimum absolute atomic E-state index is 0. The Morgan fingerprint density at radius 3 is 2.65 bits per heavy atom. The Kier molecular flexibility index (Phi) is 10.5. The molecule has 20 heavy (non-hydrogen) atoms. The molecular formula is C14H21FIN3S. The molecule has 0 aliphatic rings. The minimum atomic E-state index is -0.201. The summed E-state index contributed by atoms with van der Waals surface area (Å²) < 4.78 is 12.7. The fraction of sp³-hybridized carbons (Fsp3) is 0.357. The third kappa shape index (κ3) is 9.19. The van der Waals surface area contributed by atoms with Crippen LogP contribution in [0.4, 0.5) is 4.39 Å². The summed E-state index contributed by atoms with van der Waals surface area (Å²) in [5, 5.41) is 3.05. The summed E-state index contributed by atoms with van der Waals surface area (Å²) >= 11 is 1.70. The van der Waals surface area contributed by atoms with Crippen LogP contribution in [-0.4, -0.2) is 24.8 Å². The largest absolute Gasteiger partial charge is 0.370 e. The highest BCUT2D eigenvalue weighted by atomic mass is 127. The second kappa shape index (κ2) is 11.0. The van der Waals surface area contributed by atoms with Gasteiger partial charge in [0, 0.05) is 11.4 Å². The van der Waals surface area contributed by atoms with Crippen LogP contribution in [0, 0.1) is 5.82 Å². The third-order valence-electron chi connectivity index (χ3n) is 2.23. The Bertz CT molecular complexity index is 435. The van der Waals surface area contributed by atoms with Crippen molar-refractivity contribution in [2.24, 2.45) is 10.7 Å². The van der Waals surface area contributed by atoms with E-state index in [4.69, 9.17) is 5.73 Å². The highest BCUT2D eigenvalue weighted by molar-refractivity contribution is 14.0. The van der Waals surface area contributed by atoms with Crippen molar-refractivity contribution in [3.63, 3.8) is 0 Å². The standard InChI is InChI=1S/C14H20FN3S.HI/c1-11(2)10-18-14(16)17-8-3-9-19-13-6-4-12(15)5-7-13;/h4-7H,1,3,8-10H2,2H3,(H3,16,17,18);1H. The number of thioether (sulfide) groups is 1. The van der Waals surface area contributed by atoms with Gasteiger partial charge in [0.25, 0.3) is 0 Å². The summed E-state index contributed by atoms with van der Waals surface area (Å²) in [7, 11) is 0. The number of aliphatic imine (C=N–C) groups is 1. The summed E-state index contributed by atoms with van der Waals surface area (Å²) in [6.07, 6.45) is 0.964. The molecule has 0 spiro atoms. The normalized spacial score (nSPS) is 10.8. The lowest BCUT2D eigenvalue weighted by molar-refractivity contribution is 0.626. The number of hydrogen-bond acceptors (Lipinski definition) is 2. The molecule has 0 fully saturated rings. The van der Waals surface area contributed by atoms with E-state index in [1.54, 1.807) is 23.9 Å². The SMILES string of the molecule is C=C(C)CN=C(N)NCCCSc1ccc(F)cc1.I. The average molecular weight is 409 g/mol. The van der Waals surface area contributed by atoms with E-state index in [0.29, 0.717) is 12.5 Å². The number of nitrogens with zero attached hydrogens (tertiary/aromatic N) is 1. The van der Waals surface area contributed by atoms with E-state index in [1.165, 1.54) is 12.1 Å². The average Bonchev–Trinajstić information content (AvgIpc) is 2.38. The van der Waals surface area contributed by atoms with E-state index in [0.717, 1.165) is 29.2 Å². The molecule has 0 aliphatic carbocycles. The Morgan fingerprint density at radius 1 is 1.40 bits per heavy atom. The highest BCUT2D eigenvalue weighted by Crippen LogP contribution is 2.18. The molecule has 1 aromatic rings. The van der Waals surface area contributed by atoms with Crippen LogP contribution in [-0.2, 0) is 0 Å². The molecule has 0 saturated heterocycles. The molecule has 0 bridgehead atoms. The van der Waals surface area contributed by atoms with Crippen molar-refractivity contribution in [2.45, 2.75) is 18.2 Å². The van der Waals surface area contributed by atoms with E-state index in [2.05, 4.69) is 16.9 Å². The van der Waals surface area contributed by atoms with Crippen molar-refractivity contribution >= 4 is 41.7 Å². The minimum Gasteiger partial charge on any atom is -0.370 e.